The molecule has 1 saturated heterocycles. The van der Waals surface area contributed by atoms with E-state index in [0.29, 0.717) is 5.57 Å². The summed E-state index contributed by atoms with van der Waals surface area (Å²) in [6.07, 6.45) is 0.501. The molecule has 0 radical (unpaired) electrons. The highest BCUT2D eigenvalue weighted by molar-refractivity contribution is 5.93. The van der Waals surface area contributed by atoms with Gasteiger partial charge < -0.3 is 19.3 Å². The van der Waals surface area contributed by atoms with Crippen LogP contribution in [0.25, 0.3) is 0 Å². The van der Waals surface area contributed by atoms with Crippen LogP contribution in [0.2, 0.25) is 0 Å². The highest BCUT2D eigenvalue weighted by atomic mass is 16.6. The van der Waals surface area contributed by atoms with E-state index in [1.165, 1.54) is 19.9 Å². The smallest absolute Gasteiger partial charge is 0.334 e. The summed E-state index contributed by atoms with van der Waals surface area (Å²) in [5.41, 5.74) is -0.869. The molecule has 1 N–H and O–H groups in total. The molecule has 8 heteroatoms. The number of carbonyl (C=O) groups is 4. The van der Waals surface area contributed by atoms with Gasteiger partial charge in [-0.15, -0.1) is 0 Å². The molecule has 4 atom stereocenters. The van der Waals surface area contributed by atoms with E-state index >= 15 is 0 Å². The lowest BCUT2D eigenvalue weighted by Gasteiger charge is -2.33. The number of rotatable bonds is 4. The molecule has 0 spiro atoms. The zero-order valence-electron chi connectivity index (χ0n) is 16.3. The quantitative estimate of drug-likeness (QED) is 0.439. The van der Waals surface area contributed by atoms with Crippen LogP contribution in [0, 0.1) is 5.92 Å². The molecule has 0 aromatic heterocycles. The fourth-order valence-electron chi connectivity index (χ4n) is 3.28. The Balaban J connectivity index is 2.53. The maximum Gasteiger partial charge on any atom is 0.334 e. The molecule has 2 aliphatic heterocycles. The van der Waals surface area contributed by atoms with Crippen LogP contribution in [-0.2, 0) is 33.4 Å². The van der Waals surface area contributed by atoms with Gasteiger partial charge in [0.2, 0.25) is 0 Å². The molecule has 2 rings (SSSR count). The minimum absolute atomic E-state index is 0.0944. The van der Waals surface area contributed by atoms with Crippen molar-refractivity contribution in [3.8, 4) is 0 Å². The summed E-state index contributed by atoms with van der Waals surface area (Å²) in [5.74, 6) is -3.95. The average Bonchev–Trinajstić information content (AvgIpc) is 2.86. The maximum absolute atomic E-state index is 12.4. The van der Waals surface area contributed by atoms with Gasteiger partial charge in [-0.2, -0.15) is 0 Å². The van der Waals surface area contributed by atoms with Crippen LogP contribution in [-0.4, -0.2) is 46.8 Å². The number of carboxylic acid groups (broad SMARTS) is 1. The van der Waals surface area contributed by atoms with Crippen LogP contribution >= 0.6 is 0 Å². The number of cyclic esters (lactones) is 1. The first-order valence-corrected chi connectivity index (χ1v) is 8.84. The highest BCUT2D eigenvalue weighted by Crippen LogP contribution is 2.39. The van der Waals surface area contributed by atoms with Gasteiger partial charge in [0, 0.05) is 23.1 Å². The Kier molecular flexibility index (Phi) is 6.11. The van der Waals surface area contributed by atoms with Gasteiger partial charge in [0.05, 0.1) is 12.3 Å². The molecule has 0 aromatic carbocycles. The van der Waals surface area contributed by atoms with E-state index in [9.17, 15) is 24.3 Å². The van der Waals surface area contributed by atoms with E-state index in [1.54, 1.807) is 19.9 Å². The first kappa shape index (κ1) is 21.4. The molecule has 28 heavy (non-hydrogen) atoms. The second-order valence-electron chi connectivity index (χ2n) is 7.30. The number of carbonyl (C=O) groups excluding carboxylic acids is 3. The maximum atomic E-state index is 12.4. The molecular weight excluding hydrogens is 368 g/mol. The summed E-state index contributed by atoms with van der Waals surface area (Å²) in [5, 5.41) is 9.27. The largest absolute Gasteiger partial charge is 0.481 e. The van der Waals surface area contributed by atoms with Crippen molar-refractivity contribution in [3.05, 3.63) is 35.5 Å². The number of carboxylic acids is 1. The van der Waals surface area contributed by atoms with E-state index in [2.05, 4.69) is 6.58 Å². The van der Waals surface area contributed by atoms with Gasteiger partial charge in [-0.3, -0.25) is 4.79 Å². The first-order valence-electron chi connectivity index (χ1n) is 8.84. The zero-order chi connectivity index (χ0) is 21.2. The van der Waals surface area contributed by atoms with Crippen LogP contribution in [0.3, 0.4) is 0 Å². The molecule has 1 fully saturated rings. The van der Waals surface area contributed by atoms with Gasteiger partial charge in [-0.25, -0.2) is 14.4 Å². The summed E-state index contributed by atoms with van der Waals surface area (Å²) in [6, 6.07) is 0. The second-order valence-corrected chi connectivity index (χ2v) is 7.30. The van der Waals surface area contributed by atoms with Crippen molar-refractivity contribution >= 4 is 23.9 Å². The number of aliphatic carboxylic acids is 1. The van der Waals surface area contributed by atoms with Crippen LogP contribution in [0.15, 0.2) is 35.5 Å². The third kappa shape index (κ3) is 4.49. The Morgan fingerprint density at radius 2 is 2.04 bits per heavy atom. The van der Waals surface area contributed by atoms with Crippen LogP contribution in [0.1, 0.15) is 40.5 Å². The predicted octanol–water partition coefficient (Wildman–Crippen LogP) is 2.09. The molecule has 0 saturated carbocycles. The Morgan fingerprint density at radius 3 is 2.61 bits per heavy atom. The second kappa shape index (κ2) is 8.00. The average molecular weight is 392 g/mol. The van der Waals surface area contributed by atoms with Gasteiger partial charge in [-0.05, 0) is 33.8 Å². The molecular formula is C20H24O8. The summed E-state index contributed by atoms with van der Waals surface area (Å²) >= 11 is 0. The topological polar surface area (TPSA) is 116 Å². The van der Waals surface area contributed by atoms with Crippen LogP contribution in [0.4, 0.5) is 0 Å². The molecule has 0 unspecified atom stereocenters. The van der Waals surface area contributed by atoms with Gasteiger partial charge in [-0.1, -0.05) is 12.7 Å². The molecule has 2 aliphatic rings. The number of fused-ring (bicyclic) bond motifs is 1. The van der Waals surface area contributed by atoms with Crippen molar-refractivity contribution in [2.45, 2.75) is 58.3 Å². The number of hydrogen-bond donors (Lipinski definition) is 1. The van der Waals surface area contributed by atoms with E-state index in [0.717, 1.165) is 0 Å². The van der Waals surface area contributed by atoms with E-state index < -0.39 is 54.0 Å². The first-order chi connectivity index (χ1) is 13.0. The molecule has 0 aliphatic carbocycles. The fourth-order valence-corrected chi connectivity index (χ4v) is 3.28. The van der Waals surface area contributed by atoms with Gasteiger partial charge >= 0.3 is 23.9 Å². The summed E-state index contributed by atoms with van der Waals surface area (Å²) < 4.78 is 16.3. The molecule has 8 nitrogen and oxygen atoms in total. The van der Waals surface area contributed by atoms with Crippen molar-refractivity contribution in [3.63, 3.8) is 0 Å². The SMILES string of the molecule is C=C1C(=O)O[C@H]2/C=C(/C)C(=O)O[C@@](C)(CC(=O)O)C[C@@H](OC(=O)/C(C)=C/C)[C@H]12. The van der Waals surface area contributed by atoms with E-state index in [1.807, 2.05) is 0 Å². The minimum atomic E-state index is -1.46. The Bertz CT molecular complexity index is 790. The Labute approximate surface area is 162 Å². The number of hydrogen-bond acceptors (Lipinski definition) is 7. The third-order valence-corrected chi connectivity index (χ3v) is 4.91. The number of allylic oxidation sites excluding steroid dienone is 1. The molecule has 0 amide bonds. The normalized spacial score (nSPS) is 32.7. The zero-order valence-corrected chi connectivity index (χ0v) is 16.3. The molecule has 0 bridgehead atoms. The molecule has 152 valence electrons. The lowest BCUT2D eigenvalue weighted by atomic mass is 9.83. The van der Waals surface area contributed by atoms with Crippen LogP contribution in [0.5, 0.6) is 0 Å². The van der Waals surface area contributed by atoms with Gasteiger partial charge in [0.15, 0.2) is 0 Å². The lowest BCUT2D eigenvalue weighted by Crippen LogP contribution is -2.42. The lowest BCUT2D eigenvalue weighted by molar-refractivity contribution is -0.166. The molecule has 2 heterocycles. The van der Waals surface area contributed by atoms with Crippen molar-refractivity contribution < 1.29 is 38.5 Å². The number of esters is 3. The van der Waals surface area contributed by atoms with E-state index in [-0.39, 0.29) is 17.6 Å². The van der Waals surface area contributed by atoms with Crippen molar-refractivity contribution in [2.24, 2.45) is 5.92 Å². The Hall–Kier alpha value is -2.90. The standard InChI is InChI=1S/C20H24O8/c1-6-10(2)17(23)27-14-8-20(5,9-15(21)22)28-18(24)11(3)7-13-16(14)12(4)19(25)26-13/h6-7,13-14,16H,4,8-9H2,1-3,5H3,(H,21,22)/b10-6+,11-7-/t13-,14+,16+,20+/m0/s1. The highest BCUT2D eigenvalue weighted by Gasteiger charge is 2.49. The molecule has 0 aromatic rings. The van der Waals surface area contributed by atoms with Crippen molar-refractivity contribution in [1.82, 2.24) is 0 Å². The fraction of sp³-hybridized carbons (Fsp3) is 0.500. The van der Waals surface area contributed by atoms with Gasteiger partial charge in [0.25, 0.3) is 0 Å². The Morgan fingerprint density at radius 1 is 1.39 bits per heavy atom. The van der Waals surface area contributed by atoms with Crippen molar-refractivity contribution in [1.29, 1.82) is 0 Å². The summed E-state index contributed by atoms with van der Waals surface area (Å²) in [7, 11) is 0. The van der Waals surface area contributed by atoms with Gasteiger partial charge in [0.1, 0.15) is 17.8 Å². The summed E-state index contributed by atoms with van der Waals surface area (Å²) in [6.45, 7) is 9.92. The predicted molar refractivity (Wildman–Crippen MR) is 96.9 cm³/mol. The minimum Gasteiger partial charge on any atom is -0.481 e. The summed E-state index contributed by atoms with van der Waals surface area (Å²) in [4.78, 5) is 48.2. The van der Waals surface area contributed by atoms with E-state index in [4.69, 9.17) is 14.2 Å². The van der Waals surface area contributed by atoms with Crippen LogP contribution < -0.4 is 0 Å². The third-order valence-electron chi connectivity index (χ3n) is 4.91. The van der Waals surface area contributed by atoms with Crippen molar-refractivity contribution in [2.75, 3.05) is 0 Å². The monoisotopic (exact) mass is 392 g/mol. The number of ether oxygens (including phenoxy) is 3.